The highest BCUT2D eigenvalue weighted by Gasteiger charge is 2.21. The Morgan fingerprint density at radius 3 is 2.38 bits per heavy atom. The Morgan fingerprint density at radius 2 is 1.90 bits per heavy atom. The molecule has 1 aromatic rings. The van der Waals surface area contributed by atoms with E-state index in [1.807, 2.05) is 44.8 Å². The third-order valence-electron chi connectivity index (χ3n) is 2.96. The molecule has 1 rings (SSSR count). The van der Waals surface area contributed by atoms with Gasteiger partial charge in [0.2, 0.25) is 0 Å². The molecular formula is C14H24N4O3. The van der Waals surface area contributed by atoms with E-state index in [4.69, 9.17) is 10.5 Å². The van der Waals surface area contributed by atoms with E-state index in [-0.39, 0.29) is 17.5 Å². The van der Waals surface area contributed by atoms with Crippen LogP contribution in [0.5, 0.6) is 5.75 Å². The summed E-state index contributed by atoms with van der Waals surface area (Å²) >= 11 is 0. The molecule has 0 bridgehead atoms. The lowest BCUT2D eigenvalue weighted by atomic mass is 10.2. The average molecular weight is 296 g/mol. The summed E-state index contributed by atoms with van der Waals surface area (Å²) in [7, 11) is 5.73. The van der Waals surface area contributed by atoms with Crippen LogP contribution in [0, 0.1) is 10.1 Å². The highest BCUT2D eigenvalue weighted by Crippen LogP contribution is 2.36. The summed E-state index contributed by atoms with van der Waals surface area (Å²) in [5, 5.41) is 11.2. The molecule has 0 spiro atoms. The molecule has 0 aromatic heterocycles. The highest BCUT2D eigenvalue weighted by atomic mass is 16.6. The predicted molar refractivity (Wildman–Crippen MR) is 85.1 cm³/mol. The van der Waals surface area contributed by atoms with Crippen molar-refractivity contribution in [2.24, 2.45) is 0 Å². The van der Waals surface area contributed by atoms with Crippen molar-refractivity contribution in [1.82, 2.24) is 4.90 Å². The van der Waals surface area contributed by atoms with Crippen LogP contribution >= 0.6 is 0 Å². The first-order chi connectivity index (χ1) is 9.72. The number of hydrogen-bond donors (Lipinski definition) is 1. The van der Waals surface area contributed by atoms with Gasteiger partial charge in [0.25, 0.3) is 5.69 Å². The standard InChI is InChI=1S/C14H24N4O3/c1-10(2)21-14-9-12(17(5)7-6-16(3)4)13(18(19)20)8-11(14)15/h8-10H,6-7,15H2,1-5H3. The van der Waals surface area contributed by atoms with E-state index >= 15 is 0 Å². The van der Waals surface area contributed by atoms with E-state index in [2.05, 4.69) is 0 Å². The van der Waals surface area contributed by atoms with E-state index in [0.29, 0.717) is 18.0 Å². The summed E-state index contributed by atoms with van der Waals surface area (Å²) < 4.78 is 5.61. The Hall–Kier alpha value is -2.02. The van der Waals surface area contributed by atoms with Crippen LogP contribution in [0.25, 0.3) is 0 Å². The molecule has 7 heteroatoms. The third kappa shape index (κ3) is 4.78. The molecule has 2 N–H and O–H groups in total. The van der Waals surface area contributed by atoms with Crippen molar-refractivity contribution in [2.45, 2.75) is 20.0 Å². The van der Waals surface area contributed by atoms with Gasteiger partial charge in [-0.3, -0.25) is 10.1 Å². The van der Waals surface area contributed by atoms with Crippen molar-refractivity contribution in [1.29, 1.82) is 0 Å². The van der Waals surface area contributed by atoms with E-state index in [9.17, 15) is 10.1 Å². The molecule has 7 nitrogen and oxygen atoms in total. The molecule has 118 valence electrons. The number of rotatable bonds is 7. The van der Waals surface area contributed by atoms with Gasteiger partial charge in [-0.05, 0) is 27.9 Å². The van der Waals surface area contributed by atoms with Gasteiger partial charge >= 0.3 is 0 Å². The van der Waals surface area contributed by atoms with Gasteiger partial charge in [-0.1, -0.05) is 0 Å². The van der Waals surface area contributed by atoms with E-state index in [1.165, 1.54) is 6.07 Å². The molecule has 1 aromatic carbocycles. The second kappa shape index (κ2) is 7.12. The zero-order valence-electron chi connectivity index (χ0n) is 13.3. The number of benzene rings is 1. The Balaban J connectivity index is 3.15. The molecular weight excluding hydrogens is 272 g/mol. The molecule has 0 aliphatic heterocycles. The second-order valence-corrected chi connectivity index (χ2v) is 5.53. The van der Waals surface area contributed by atoms with Crippen molar-refractivity contribution >= 4 is 17.1 Å². The summed E-state index contributed by atoms with van der Waals surface area (Å²) in [4.78, 5) is 14.7. The summed E-state index contributed by atoms with van der Waals surface area (Å²) in [6.45, 7) is 5.23. The minimum absolute atomic E-state index is 0.00939. The number of hydrogen-bond acceptors (Lipinski definition) is 6. The fourth-order valence-corrected chi connectivity index (χ4v) is 1.85. The van der Waals surface area contributed by atoms with Gasteiger partial charge in [0, 0.05) is 32.3 Å². The highest BCUT2D eigenvalue weighted by molar-refractivity contribution is 5.73. The second-order valence-electron chi connectivity index (χ2n) is 5.53. The lowest BCUT2D eigenvalue weighted by Crippen LogP contribution is -2.29. The first-order valence-electron chi connectivity index (χ1n) is 6.82. The lowest BCUT2D eigenvalue weighted by molar-refractivity contribution is -0.384. The predicted octanol–water partition coefficient (Wildman–Crippen LogP) is 1.96. The summed E-state index contributed by atoms with van der Waals surface area (Å²) in [5.74, 6) is 0.474. The van der Waals surface area contributed by atoms with Gasteiger partial charge in [-0.2, -0.15) is 0 Å². The smallest absolute Gasteiger partial charge is 0.294 e. The zero-order chi connectivity index (χ0) is 16.2. The third-order valence-corrected chi connectivity index (χ3v) is 2.96. The van der Waals surface area contributed by atoms with Crippen LogP contribution in [0.2, 0.25) is 0 Å². The minimum Gasteiger partial charge on any atom is -0.489 e. The van der Waals surface area contributed by atoms with Crippen molar-refractivity contribution in [2.75, 3.05) is 44.9 Å². The number of nitrogen functional groups attached to an aromatic ring is 1. The molecule has 0 heterocycles. The fourth-order valence-electron chi connectivity index (χ4n) is 1.85. The van der Waals surface area contributed by atoms with E-state index in [0.717, 1.165) is 6.54 Å². The van der Waals surface area contributed by atoms with Crippen molar-refractivity contribution in [3.63, 3.8) is 0 Å². The molecule has 0 unspecified atom stereocenters. The van der Waals surface area contributed by atoms with Gasteiger partial charge in [0.1, 0.15) is 11.4 Å². The van der Waals surface area contributed by atoms with Crippen LogP contribution < -0.4 is 15.4 Å². The summed E-state index contributed by atoms with van der Waals surface area (Å²) in [6, 6.07) is 3.00. The Kier molecular flexibility index (Phi) is 5.78. The van der Waals surface area contributed by atoms with E-state index in [1.54, 1.807) is 6.07 Å². The Bertz CT molecular complexity index is 503. The van der Waals surface area contributed by atoms with Gasteiger partial charge in [-0.25, -0.2) is 0 Å². The summed E-state index contributed by atoms with van der Waals surface area (Å²) in [6.07, 6.45) is -0.0475. The largest absolute Gasteiger partial charge is 0.489 e. The molecule has 0 aliphatic rings. The van der Waals surface area contributed by atoms with Crippen molar-refractivity contribution in [3.05, 3.63) is 22.2 Å². The van der Waals surface area contributed by atoms with Crippen LogP contribution in [0.4, 0.5) is 17.1 Å². The number of nitro groups is 1. The Labute approximate surface area is 125 Å². The number of nitro benzene ring substituents is 1. The molecule has 0 saturated heterocycles. The maximum Gasteiger partial charge on any atom is 0.294 e. The first-order valence-corrected chi connectivity index (χ1v) is 6.82. The lowest BCUT2D eigenvalue weighted by Gasteiger charge is -2.23. The Morgan fingerprint density at radius 1 is 1.29 bits per heavy atom. The molecule has 0 aliphatic carbocycles. The molecule has 0 amide bonds. The maximum absolute atomic E-state index is 11.2. The van der Waals surface area contributed by atoms with Gasteiger partial charge in [0.05, 0.1) is 16.7 Å². The molecule has 0 atom stereocenters. The maximum atomic E-state index is 11.2. The normalized spacial score (nSPS) is 11.0. The summed E-state index contributed by atoms with van der Waals surface area (Å²) in [5.41, 5.74) is 6.62. The van der Waals surface area contributed by atoms with Crippen LogP contribution in [0.1, 0.15) is 13.8 Å². The number of nitrogens with zero attached hydrogens (tertiary/aromatic N) is 3. The van der Waals surface area contributed by atoms with Gasteiger partial charge < -0.3 is 20.3 Å². The monoisotopic (exact) mass is 296 g/mol. The number of nitrogens with two attached hydrogens (primary N) is 1. The average Bonchev–Trinajstić information content (AvgIpc) is 2.37. The number of anilines is 2. The minimum atomic E-state index is -0.420. The number of likely N-dealkylation sites (N-methyl/N-ethyl adjacent to an activating group) is 2. The van der Waals surface area contributed by atoms with Crippen molar-refractivity contribution < 1.29 is 9.66 Å². The van der Waals surface area contributed by atoms with Crippen LogP contribution in [0.15, 0.2) is 12.1 Å². The molecule has 21 heavy (non-hydrogen) atoms. The van der Waals surface area contributed by atoms with Gasteiger partial charge in [-0.15, -0.1) is 0 Å². The SMILES string of the molecule is CC(C)Oc1cc(N(C)CCN(C)C)c([N+](=O)[O-])cc1N. The topological polar surface area (TPSA) is 84.9 Å². The van der Waals surface area contributed by atoms with E-state index < -0.39 is 4.92 Å². The van der Waals surface area contributed by atoms with Crippen LogP contribution in [-0.4, -0.2) is 50.2 Å². The van der Waals surface area contributed by atoms with Crippen LogP contribution in [-0.2, 0) is 0 Å². The van der Waals surface area contributed by atoms with Crippen LogP contribution in [0.3, 0.4) is 0 Å². The molecule has 0 saturated carbocycles. The molecule has 0 radical (unpaired) electrons. The quantitative estimate of drug-likeness (QED) is 0.470. The van der Waals surface area contributed by atoms with Crippen molar-refractivity contribution in [3.8, 4) is 5.75 Å². The first kappa shape index (κ1) is 17.0. The molecule has 0 fully saturated rings. The van der Waals surface area contributed by atoms with Gasteiger partial charge in [0.15, 0.2) is 0 Å². The zero-order valence-corrected chi connectivity index (χ0v) is 13.3. The fraction of sp³-hybridized carbons (Fsp3) is 0.571. The number of ether oxygens (including phenoxy) is 1.